The van der Waals surface area contributed by atoms with Crippen LogP contribution in [0.2, 0.25) is 0 Å². The van der Waals surface area contributed by atoms with Gasteiger partial charge in [-0.05, 0) is 31.6 Å². The fourth-order valence-electron chi connectivity index (χ4n) is 12.2. The minimum absolute atomic E-state index is 0.107. The molecule has 0 aliphatic heterocycles. The van der Waals surface area contributed by atoms with Crippen LogP contribution < -0.4 is 0 Å². The van der Waals surface area contributed by atoms with Crippen LogP contribution in [-0.2, 0) is 65.4 Å². The molecule has 0 rings (SSSR count). The van der Waals surface area contributed by atoms with Crippen LogP contribution in [0.5, 0.6) is 0 Å². The second kappa shape index (κ2) is 72.0. The van der Waals surface area contributed by atoms with Gasteiger partial charge in [-0.3, -0.25) is 37.3 Å². The Morgan fingerprint density at radius 3 is 0.694 bits per heavy atom. The predicted octanol–water partition coefficient (Wildman–Crippen LogP) is 23.6. The molecule has 19 heteroatoms. The van der Waals surface area contributed by atoms with E-state index in [2.05, 4.69) is 34.6 Å². The Bertz CT molecular complexity index is 1870. The van der Waals surface area contributed by atoms with Crippen molar-refractivity contribution in [3.8, 4) is 0 Å². The minimum Gasteiger partial charge on any atom is -0.462 e. The summed E-state index contributed by atoms with van der Waals surface area (Å²) in [6.45, 7) is 7.32. The van der Waals surface area contributed by atoms with Crippen LogP contribution in [0.3, 0.4) is 0 Å². The third kappa shape index (κ3) is 72.4. The zero-order valence-corrected chi connectivity index (χ0v) is 65.7. The third-order valence-electron chi connectivity index (χ3n) is 18.5. The molecule has 0 aliphatic rings. The van der Waals surface area contributed by atoms with Gasteiger partial charge in [0, 0.05) is 25.7 Å². The SMILES string of the molecule is CCCCCCCCCCCCCCCCCCCC(=O)OC[C@H](COP(=O)(O)OC[C@@H](O)COP(=O)(O)OC[C@@H](COC(=O)CCCCCCCCCCC)OC(=O)CCCCCCCCCCCCCCC(C)C)OC(=O)CCCCCCCCCCCCCCCCCCC. The first kappa shape index (κ1) is 96.1. The van der Waals surface area contributed by atoms with Crippen molar-refractivity contribution in [2.75, 3.05) is 39.6 Å². The molecule has 0 aromatic rings. The average Bonchev–Trinajstić information content (AvgIpc) is 1.19. The van der Waals surface area contributed by atoms with Crippen molar-refractivity contribution in [2.24, 2.45) is 5.92 Å². The van der Waals surface area contributed by atoms with Gasteiger partial charge in [-0.15, -0.1) is 0 Å². The van der Waals surface area contributed by atoms with Crippen LogP contribution in [0.25, 0.3) is 0 Å². The van der Waals surface area contributed by atoms with Gasteiger partial charge in [-0.25, -0.2) is 9.13 Å². The van der Waals surface area contributed by atoms with E-state index in [4.69, 9.17) is 37.0 Å². The van der Waals surface area contributed by atoms with Gasteiger partial charge in [0.2, 0.25) is 0 Å². The summed E-state index contributed by atoms with van der Waals surface area (Å²) in [6, 6.07) is 0. The van der Waals surface area contributed by atoms with Gasteiger partial charge in [0.05, 0.1) is 26.4 Å². The maximum Gasteiger partial charge on any atom is 0.472 e. The molecule has 98 heavy (non-hydrogen) atoms. The summed E-state index contributed by atoms with van der Waals surface area (Å²) in [6.07, 6.45) is 62.4. The lowest BCUT2D eigenvalue weighted by atomic mass is 10.0. The molecule has 0 aliphatic carbocycles. The lowest BCUT2D eigenvalue weighted by Crippen LogP contribution is -2.30. The number of aliphatic hydroxyl groups excluding tert-OH is 1. The molecule has 0 radical (unpaired) electrons. The molecule has 0 bridgehead atoms. The van der Waals surface area contributed by atoms with Gasteiger partial charge in [0.15, 0.2) is 12.2 Å². The van der Waals surface area contributed by atoms with Crippen molar-refractivity contribution in [2.45, 2.75) is 438 Å². The standard InChI is InChI=1S/C79H154O17P2/c1-6-9-12-15-18-21-23-25-27-29-31-33-38-43-48-53-58-63-77(82)90-69-75(96-78(83)64-59-54-49-44-39-34-32-30-28-26-24-22-19-16-13-10-7-2)71-94-98(87,88)92-67-73(80)66-91-97(85,86)93-70-74(68-89-76(81)62-57-52-47-41-20-17-14-11-8-3)95-79(84)65-60-55-50-45-40-36-35-37-42-46-51-56-61-72(4)5/h72-75,80H,6-71H2,1-5H3,(H,85,86)(H,87,88)/t73-,74+,75+/m0/s1. The zero-order valence-electron chi connectivity index (χ0n) is 63.9. The highest BCUT2D eigenvalue weighted by atomic mass is 31.2. The number of hydrogen-bond acceptors (Lipinski definition) is 15. The Morgan fingerprint density at radius 1 is 0.276 bits per heavy atom. The smallest absolute Gasteiger partial charge is 0.462 e. The van der Waals surface area contributed by atoms with Crippen molar-refractivity contribution in [3.63, 3.8) is 0 Å². The number of carbonyl (C=O) groups is 4. The van der Waals surface area contributed by atoms with Gasteiger partial charge >= 0.3 is 39.5 Å². The number of esters is 4. The summed E-state index contributed by atoms with van der Waals surface area (Å²) in [5.74, 6) is -1.33. The highest BCUT2D eigenvalue weighted by Gasteiger charge is 2.30. The number of aliphatic hydroxyl groups is 1. The third-order valence-corrected chi connectivity index (χ3v) is 20.4. The molecule has 0 aromatic carbocycles. The summed E-state index contributed by atoms with van der Waals surface area (Å²) in [5.41, 5.74) is 0. The number of hydrogen-bond donors (Lipinski definition) is 3. The summed E-state index contributed by atoms with van der Waals surface area (Å²) < 4.78 is 68.6. The van der Waals surface area contributed by atoms with Crippen molar-refractivity contribution in [1.82, 2.24) is 0 Å². The van der Waals surface area contributed by atoms with Crippen LogP contribution >= 0.6 is 15.6 Å². The van der Waals surface area contributed by atoms with Crippen LogP contribution in [-0.4, -0.2) is 96.7 Å². The van der Waals surface area contributed by atoms with Crippen LogP contribution in [0.1, 0.15) is 420 Å². The van der Waals surface area contributed by atoms with E-state index in [1.165, 1.54) is 244 Å². The molecule has 582 valence electrons. The topological polar surface area (TPSA) is 237 Å². The van der Waals surface area contributed by atoms with E-state index in [9.17, 15) is 43.2 Å². The Kier molecular flexibility index (Phi) is 70.6. The Morgan fingerprint density at radius 2 is 0.469 bits per heavy atom. The first-order chi connectivity index (χ1) is 47.5. The average molecular weight is 1440 g/mol. The Balaban J connectivity index is 5.22. The molecular formula is C79H154O17P2. The lowest BCUT2D eigenvalue weighted by molar-refractivity contribution is -0.161. The molecule has 3 N–H and O–H groups in total. The van der Waals surface area contributed by atoms with Crippen molar-refractivity contribution >= 4 is 39.5 Å². The number of unbranched alkanes of at least 4 members (excludes halogenated alkanes) is 51. The molecule has 0 fully saturated rings. The molecule has 17 nitrogen and oxygen atoms in total. The summed E-state index contributed by atoms with van der Waals surface area (Å²) in [4.78, 5) is 72.9. The summed E-state index contributed by atoms with van der Waals surface area (Å²) in [7, 11) is -9.91. The number of ether oxygens (including phenoxy) is 4. The normalized spacial score (nSPS) is 13.9. The van der Waals surface area contributed by atoms with Crippen LogP contribution in [0.4, 0.5) is 0 Å². The van der Waals surface area contributed by atoms with E-state index in [0.29, 0.717) is 25.7 Å². The molecule has 0 saturated carbocycles. The number of phosphoric ester groups is 2. The number of carbonyl (C=O) groups excluding carboxylic acids is 4. The highest BCUT2D eigenvalue weighted by Crippen LogP contribution is 2.45. The van der Waals surface area contributed by atoms with Crippen molar-refractivity contribution < 1.29 is 80.2 Å². The van der Waals surface area contributed by atoms with Gasteiger partial charge in [-0.2, -0.15) is 0 Å². The minimum atomic E-state index is -4.96. The molecule has 0 aromatic heterocycles. The molecule has 5 atom stereocenters. The van der Waals surface area contributed by atoms with E-state index >= 15 is 0 Å². The van der Waals surface area contributed by atoms with Crippen molar-refractivity contribution in [1.29, 1.82) is 0 Å². The summed E-state index contributed by atoms with van der Waals surface area (Å²) in [5, 5.41) is 10.6. The Hall–Kier alpha value is -1.94. The molecule has 2 unspecified atom stereocenters. The first-order valence-electron chi connectivity index (χ1n) is 41.1. The fraction of sp³-hybridized carbons (Fsp3) is 0.949. The molecule has 0 amide bonds. The maximum absolute atomic E-state index is 13.1. The lowest BCUT2D eigenvalue weighted by Gasteiger charge is -2.21. The van der Waals surface area contributed by atoms with Gasteiger partial charge in [0.1, 0.15) is 19.3 Å². The van der Waals surface area contributed by atoms with Crippen LogP contribution in [0.15, 0.2) is 0 Å². The monoisotopic (exact) mass is 1440 g/mol. The number of phosphoric acid groups is 2. The van der Waals surface area contributed by atoms with E-state index in [1.54, 1.807) is 0 Å². The van der Waals surface area contributed by atoms with E-state index in [1.807, 2.05) is 0 Å². The van der Waals surface area contributed by atoms with Gasteiger partial charge in [0.25, 0.3) is 0 Å². The first-order valence-corrected chi connectivity index (χ1v) is 44.1. The largest absolute Gasteiger partial charge is 0.472 e. The quantitative estimate of drug-likeness (QED) is 0.0222. The van der Waals surface area contributed by atoms with Crippen LogP contribution in [0, 0.1) is 5.92 Å². The molecule has 0 spiro atoms. The van der Waals surface area contributed by atoms with Gasteiger partial charge in [-0.1, -0.05) is 369 Å². The van der Waals surface area contributed by atoms with E-state index in [0.717, 1.165) is 95.8 Å². The van der Waals surface area contributed by atoms with Gasteiger partial charge < -0.3 is 33.8 Å². The van der Waals surface area contributed by atoms with Crippen molar-refractivity contribution in [3.05, 3.63) is 0 Å². The fourth-order valence-corrected chi connectivity index (χ4v) is 13.8. The second-order valence-electron chi connectivity index (χ2n) is 28.9. The highest BCUT2D eigenvalue weighted by molar-refractivity contribution is 7.47. The summed E-state index contributed by atoms with van der Waals surface area (Å²) >= 11 is 0. The second-order valence-corrected chi connectivity index (χ2v) is 31.8. The number of rotatable bonds is 79. The Labute approximate surface area is 600 Å². The molecule has 0 saturated heterocycles. The van der Waals surface area contributed by atoms with E-state index < -0.39 is 97.5 Å². The molecular weight excluding hydrogens is 1280 g/mol. The maximum atomic E-state index is 13.1. The van der Waals surface area contributed by atoms with E-state index in [-0.39, 0.29) is 25.7 Å². The predicted molar refractivity (Wildman–Crippen MR) is 400 cm³/mol. The zero-order chi connectivity index (χ0) is 71.9. The molecule has 0 heterocycles.